The van der Waals surface area contributed by atoms with Gasteiger partial charge in [-0.2, -0.15) is 0 Å². The summed E-state index contributed by atoms with van der Waals surface area (Å²) in [4.78, 5) is 0.114. The minimum Gasteiger partial charge on any atom is -0.495 e. The molecule has 0 aromatic heterocycles. The maximum atomic E-state index is 12.4. The quantitative estimate of drug-likeness (QED) is 0.918. The Morgan fingerprint density at radius 1 is 1.19 bits per heavy atom. The summed E-state index contributed by atoms with van der Waals surface area (Å²) in [7, 11) is -2.22. The Labute approximate surface area is 129 Å². The van der Waals surface area contributed by atoms with E-state index in [0.717, 1.165) is 5.56 Å². The number of ether oxygens (including phenoxy) is 1. The zero-order chi connectivity index (χ0) is 15.5. The summed E-state index contributed by atoms with van der Waals surface area (Å²) in [5, 5.41) is 0.524. The molecule has 0 aliphatic carbocycles. The number of sulfonamides is 1. The zero-order valence-electron chi connectivity index (χ0n) is 11.8. The van der Waals surface area contributed by atoms with E-state index >= 15 is 0 Å². The van der Waals surface area contributed by atoms with Crippen molar-refractivity contribution in [3.05, 3.63) is 58.6 Å². The molecule has 0 heterocycles. The van der Waals surface area contributed by atoms with Gasteiger partial charge in [0, 0.05) is 11.6 Å². The van der Waals surface area contributed by atoms with Crippen molar-refractivity contribution in [2.75, 3.05) is 7.11 Å². The Balaban J connectivity index is 2.25. The first-order chi connectivity index (χ1) is 9.94. The van der Waals surface area contributed by atoms with Gasteiger partial charge in [-0.05, 0) is 36.2 Å². The second kappa shape index (κ2) is 6.47. The van der Waals surface area contributed by atoms with E-state index < -0.39 is 10.0 Å². The molecular formula is C15H16ClNO3S. The Morgan fingerprint density at radius 3 is 2.57 bits per heavy atom. The maximum Gasteiger partial charge on any atom is 0.244 e. The molecule has 2 aromatic carbocycles. The summed E-state index contributed by atoms with van der Waals surface area (Å²) in [5.74, 6) is 0.321. The van der Waals surface area contributed by atoms with Crippen LogP contribution in [0.3, 0.4) is 0 Å². The highest BCUT2D eigenvalue weighted by atomic mass is 35.5. The summed E-state index contributed by atoms with van der Waals surface area (Å²) < 4.78 is 32.4. The zero-order valence-corrected chi connectivity index (χ0v) is 13.3. The van der Waals surface area contributed by atoms with E-state index in [1.54, 1.807) is 30.3 Å². The number of benzene rings is 2. The number of hydrogen-bond acceptors (Lipinski definition) is 3. The molecule has 0 radical (unpaired) electrons. The number of methoxy groups -OCH3 is 1. The summed E-state index contributed by atoms with van der Waals surface area (Å²) in [6, 6.07) is 12.0. The number of hydrogen-bond donors (Lipinski definition) is 1. The van der Waals surface area contributed by atoms with Crippen molar-refractivity contribution < 1.29 is 13.2 Å². The molecule has 2 rings (SSSR count). The van der Waals surface area contributed by atoms with Crippen LogP contribution in [-0.2, 0) is 16.6 Å². The van der Waals surface area contributed by atoms with E-state index in [1.165, 1.54) is 13.2 Å². The third kappa shape index (κ3) is 3.75. The molecule has 112 valence electrons. The molecule has 4 nitrogen and oxygen atoms in total. The Hall–Kier alpha value is -1.56. The molecular weight excluding hydrogens is 310 g/mol. The van der Waals surface area contributed by atoms with E-state index in [4.69, 9.17) is 16.3 Å². The summed E-state index contributed by atoms with van der Waals surface area (Å²) in [5.41, 5.74) is 1.64. The van der Waals surface area contributed by atoms with E-state index in [9.17, 15) is 8.42 Å². The lowest BCUT2D eigenvalue weighted by atomic mass is 10.2. The minimum atomic E-state index is -3.67. The van der Waals surface area contributed by atoms with Gasteiger partial charge in [0.05, 0.1) is 7.11 Å². The average Bonchev–Trinajstić information content (AvgIpc) is 2.46. The van der Waals surface area contributed by atoms with Crippen LogP contribution in [0.5, 0.6) is 5.75 Å². The standard InChI is InChI=1S/C15H16ClNO3S/c1-11-7-8-15(14(9-11)20-2)21(18,19)17-10-12-5-3-4-6-13(12)16/h3-9,17H,10H2,1-2H3. The Kier molecular flexibility index (Phi) is 4.88. The number of nitrogens with one attached hydrogen (secondary N) is 1. The number of aryl methyl sites for hydroxylation is 1. The van der Waals surface area contributed by atoms with Crippen LogP contribution in [0.25, 0.3) is 0 Å². The highest BCUT2D eigenvalue weighted by molar-refractivity contribution is 7.89. The van der Waals surface area contributed by atoms with Crippen LogP contribution in [0.1, 0.15) is 11.1 Å². The summed E-state index contributed by atoms with van der Waals surface area (Å²) in [6.45, 7) is 2.00. The normalized spacial score (nSPS) is 11.4. The van der Waals surface area contributed by atoms with Crippen LogP contribution in [0.2, 0.25) is 5.02 Å². The molecule has 6 heteroatoms. The van der Waals surface area contributed by atoms with Gasteiger partial charge in [-0.25, -0.2) is 13.1 Å². The SMILES string of the molecule is COc1cc(C)ccc1S(=O)(=O)NCc1ccccc1Cl. The van der Waals surface area contributed by atoms with Gasteiger partial charge in [0.2, 0.25) is 10.0 Å². The first kappa shape index (κ1) is 15.8. The predicted octanol–water partition coefficient (Wildman–Crippen LogP) is 3.14. The van der Waals surface area contributed by atoms with Gasteiger partial charge in [-0.3, -0.25) is 0 Å². The fraction of sp³-hybridized carbons (Fsp3) is 0.200. The highest BCUT2D eigenvalue weighted by Crippen LogP contribution is 2.25. The molecule has 0 atom stereocenters. The molecule has 0 bridgehead atoms. The van der Waals surface area contributed by atoms with Gasteiger partial charge in [0.25, 0.3) is 0 Å². The Bertz CT molecular complexity index is 744. The van der Waals surface area contributed by atoms with Crippen molar-refractivity contribution in [3.63, 3.8) is 0 Å². The molecule has 0 aliphatic heterocycles. The van der Waals surface area contributed by atoms with Crippen LogP contribution in [0.4, 0.5) is 0 Å². The third-order valence-electron chi connectivity index (χ3n) is 3.02. The second-order valence-corrected chi connectivity index (χ2v) is 6.71. The largest absolute Gasteiger partial charge is 0.495 e. The van der Waals surface area contributed by atoms with Crippen molar-refractivity contribution in [3.8, 4) is 5.75 Å². The molecule has 0 spiro atoms. The van der Waals surface area contributed by atoms with Gasteiger partial charge in [0.15, 0.2) is 0 Å². The molecule has 2 aromatic rings. The fourth-order valence-corrected chi connectivity index (χ4v) is 3.25. The third-order valence-corrected chi connectivity index (χ3v) is 4.83. The average molecular weight is 326 g/mol. The van der Waals surface area contributed by atoms with E-state index in [1.807, 2.05) is 13.0 Å². The molecule has 0 saturated carbocycles. The number of halogens is 1. The van der Waals surface area contributed by atoms with Gasteiger partial charge in [-0.1, -0.05) is 35.9 Å². The van der Waals surface area contributed by atoms with E-state index in [2.05, 4.69) is 4.72 Å². The first-order valence-corrected chi connectivity index (χ1v) is 8.18. The lowest BCUT2D eigenvalue weighted by Gasteiger charge is -2.12. The molecule has 0 aliphatic rings. The lowest BCUT2D eigenvalue weighted by Crippen LogP contribution is -2.24. The van der Waals surface area contributed by atoms with Crippen LogP contribution in [0.15, 0.2) is 47.4 Å². The van der Waals surface area contributed by atoms with Crippen molar-refractivity contribution in [1.82, 2.24) is 4.72 Å². The maximum absolute atomic E-state index is 12.4. The summed E-state index contributed by atoms with van der Waals surface area (Å²) in [6.07, 6.45) is 0. The minimum absolute atomic E-state index is 0.114. The van der Waals surface area contributed by atoms with E-state index in [-0.39, 0.29) is 11.4 Å². The van der Waals surface area contributed by atoms with E-state index in [0.29, 0.717) is 16.3 Å². The smallest absolute Gasteiger partial charge is 0.244 e. The molecule has 0 fully saturated rings. The van der Waals surface area contributed by atoms with Crippen molar-refractivity contribution in [1.29, 1.82) is 0 Å². The fourth-order valence-electron chi connectivity index (χ4n) is 1.89. The van der Waals surface area contributed by atoms with Gasteiger partial charge < -0.3 is 4.74 Å². The predicted molar refractivity (Wildman–Crippen MR) is 83.2 cm³/mol. The topological polar surface area (TPSA) is 55.4 Å². The molecule has 21 heavy (non-hydrogen) atoms. The van der Waals surface area contributed by atoms with Gasteiger partial charge in [0.1, 0.15) is 10.6 Å². The number of rotatable bonds is 5. The molecule has 0 amide bonds. The molecule has 1 N–H and O–H groups in total. The van der Waals surface area contributed by atoms with Crippen molar-refractivity contribution in [2.24, 2.45) is 0 Å². The monoisotopic (exact) mass is 325 g/mol. The van der Waals surface area contributed by atoms with Gasteiger partial charge >= 0.3 is 0 Å². The van der Waals surface area contributed by atoms with Gasteiger partial charge in [-0.15, -0.1) is 0 Å². The highest BCUT2D eigenvalue weighted by Gasteiger charge is 2.19. The van der Waals surface area contributed by atoms with Crippen LogP contribution < -0.4 is 9.46 Å². The molecule has 0 unspecified atom stereocenters. The van der Waals surface area contributed by atoms with Crippen molar-refractivity contribution >= 4 is 21.6 Å². The molecule has 0 saturated heterocycles. The Morgan fingerprint density at radius 2 is 1.90 bits per heavy atom. The van der Waals surface area contributed by atoms with Crippen LogP contribution in [0, 0.1) is 6.92 Å². The summed E-state index contributed by atoms with van der Waals surface area (Å²) >= 11 is 6.02. The second-order valence-electron chi connectivity index (χ2n) is 4.57. The van der Waals surface area contributed by atoms with Crippen LogP contribution >= 0.6 is 11.6 Å². The van der Waals surface area contributed by atoms with Crippen molar-refractivity contribution in [2.45, 2.75) is 18.4 Å². The first-order valence-electron chi connectivity index (χ1n) is 6.32. The lowest BCUT2D eigenvalue weighted by molar-refractivity contribution is 0.402. The van der Waals surface area contributed by atoms with Crippen LogP contribution in [-0.4, -0.2) is 15.5 Å².